The van der Waals surface area contributed by atoms with E-state index in [2.05, 4.69) is 0 Å². The van der Waals surface area contributed by atoms with Crippen LogP contribution >= 0.6 is 11.6 Å². The highest BCUT2D eigenvalue weighted by atomic mass is 35.5. The van der Waals surface area contributed by atoms with E-state index in [1.54, 1.807) is 5.32 Å². The van der Waals surface area contributed by atoms with Gasteiger partial charge in [-0.05, 0) is 55.0 Å². The Morgan fingerprint density at radius 3 is 2.19 bits per heavy atom. The van der Waals surface area contributed by atoms with Crippen molar-refractivity contribution in [3.63, 3.8) is 0 Å². The summed E-state index contributed by atoms with van der Waals surface area (Å²) < 4.78 is 71.2. The van der Waals surface area contributed by atoms with Crippen LogP contribution < -0.4 is 14.8 Å². The molecule has 3 rings (SSSR count). The van der Waals surface area contributed by atoms with Crippen LogP contribution in [0.25, 0.3) is 0 Å². The molecule has 8 nitrogen and oxygen atoms in total. The summed E-state index contributed by atoms with van der Waals surface area (Å²) >= 11 is 5.92. The van der Waals surface area contributed by atoms with Crippen molar-refractivity contribution in [1.82, 2.24) is 4.72 Å². The topological polar surface area (TPSA) is 122 Å². The minimum atomic E-state index is -5.26. The molecule has 196 valence electrons. The standard InChI is InChI=1S/C24H20ClF3N2O6S/c1-23(33,24(26,27)28)22(32)29-20-12-11-18(13-19(20)25)37(34,35)30-21(31)16-7-9-17(10-8-16)36-14-15-5-3-2-4-6-15/h2-13,33H,14H2,1H3,(H,29,32)(H,30,31). The zero-order chi connectivity index (χ0) is 27.4. The fourth-order valence-corrected chi connectivity index (χ4v) is 4.11. The summed E-state index contributed by atoms with van der Waals surface area (Å²) in [6, 6.07) is 17.7. The first-order valence-electron chi connectivity index (χ1n) is 10.4. The average molecular weight is 557 g/mol. The van der Waals surface area contributed by atoms with E-state index in [0.717, 1.165) is 23.8 Å². The molecule has 1 atom stereocenters. The van der Waals surface area contributed by atoms with Gasteiger partial charge in [0.15, 0.2) is 0 Å². The van der Waals surface area contributed by atoms with Crippen molar-refractivity contribution in [3.8, 4) is 5.75 Å². The number of hydrogen-bond donors (Lipinski definition) is 3. The second-order valence-corrected chi connectivity index (χ2v) is 9.99. The molecule has 0 aliphatic heterocycles. The van der Waals surface area contributed by atoms with E-state index in [-0.39, 0.29) is 18.2 Å². The van der Waals surface area contributed by atoms with Crippen LogP contribution in [0, 0.1) is 0 Å². The van der Waals surface area contributed by atoms with Crippen molar-refractivity contribution in [3.05, 3.63) is 88.9 Å². The number of rotatable bonds is 8. The lowest BCUT2D eigenvalue weighted by atomic mass is 10.1. The number of sulfonamides is 1. The first kappa shape index (κ1) is 28.0. The van der Waals surface area contributed by atoms with Crippen LogP contribution in [0.2, 0.25) is 5.02 Å². The molecule has 0 bridgehead atoms. The Morgan fingerprint density at radius 1 is 1.00 bits per heavy atom. The molecular weight excluding hydrogens is 537 g/mol. The summed E-state index contributed by atoms with van der Waals surface area (Å²) in [6.07, 6.45) is -5.26. The summed E-state index contributed by atoms with van der Waals surface area (Å²) in [5.74, 6) is -2.32. The molecule has 0 heterocycles. The highest BCUT2D eigenvalue weighted by Gasteiger charge is 2.55. The van der Waals surface area contributed by atoms with Gasteiger partial charge in [-0.2, -0.15) is 13.2 Å². The Hall–Kier alpha value is -3.61. The van der Waals surface area contributed by atoms with Gasteiger partial charge in [0.2, 0.25) is 5.60 Å². The zero-order valence-corrected chi connectivity index (χ0v) is 20.6. The van der Waals surface area contributed by atoms with Crippen molar-refractivity contribution in [2.75, 3.05) is 5.32 Å². The number of carbonyl (C=O) groups is 2. The van der Waals surface area contributed by atoms with Crippen LogP contribution in [0.4, 0.5) is 18.9 Å². The lowest BCUT2D eigenvalue weighted by Gasteiger charge is -2.25. The minimum absolute atomic E-state index is 0.0139. The number of halogens is 4. The third-order valence-corrected chi connectivity index (χ3v) is 6.73. The highest BCUT2D eigenvalue weighted by molar-refractivity contribution is 7.90. The lowest BCUT2D eigenvalue weighted by Crippen LogP contribution is -2.52. The number of anilines is 1. The summed E-state index contributed by atoms with van der Waals surface area (Å²) in [5.41, 5.74) is -3.14. The van der Waals surface area contributed by atoms with E-state index in [9.17, 15) is 36.3 Å². The number of hydrogen-bond acceptors (Lipinski definition) is 6. The maximum absolute atomic E-state index is 12.8. The first-order chi connectivity index (χ1) is 17.2. The molecule has 0 aliphatic rings. The van der Waals surface area contributed by atoms with E-state index in [1.165, 1.54) is 24.3 Å². The number of amides is 2. The number of ether oxygens (including phenoxy) is 1. The Morgan fingerprint density at radius 2 is 1.62 bits per heavy atom. The molecule has 13 heteroatoms. The summed E-state index contributed by atoms with van der Waals surface area (Å²) in [5, 5.41) is 10.8. The van der Waals surface area contributed by atoms with Crippen molar-refractivity contribution in [1.29, 1.82) is 0 Å². The fraction of sp³-hybridized carbons (Fsp3) is 0.167. The van der Waals surface area contributed by atoms with E-state index in [1.807, 2.05) is 35.1 Å². The van der Waals surface area contributed by atoms with E-state index in [4.69, 9.17) is 16.3 Å². The predicted molar refractivity (Wildman–Crippen MR) is 129 cm³/mol. The molecule has 3 N–H and O–H groups in total. The van der Waals surface area contributed by atoms with Gasteiger partial charge >= 0.3 is 6.18 Å². The second kappa shape index (κ2) is 10.8. The first-order valence-corrected chi connectivity index (χ1v) is 12.3. The van der Waals surface area contributed by atoms with Gasteiger partial charge in [0, 0.05) is 5.56 Å². The van der Waals surface area contributed by atoms with E-state index < -0.39 is 43.5 Å². The van der Waals surface area contributed by atoms with Gasteiger partial charge in [-0.3, -0.25) is 9.59 Å². The van der Waals surface area contributed by atoms with Crippen molar-refractivity contribution in [2.45, 2.75) is 30.2 Å². The van der Waals surface area contributed by atoms with Gasteiger partial charge in [0.05, 0.1) is 15.6 Å². The summed E-state index contributed by atoms with van der Waals surface area (Å²) in [4.78, 5) is 23.8. The zero-order valence-electron chi connectivity index (χ0n) is 19.0. The van der Waals surface area contributed by atoms with Gasteiger partial charge < -0.3 is 15.2 Å². The molecule has 0 fully saturated rings. The number of alkyl halides is 3. The quantitative estimate of drug-likeness (QED) is 0.380. The van der Waals surface area contributed by atoms with Crippen LogP contribution in [0.3, 0.4) is 0 Å². The Kier molecular flexibility index (Phi) is 8.16. The predicted octanol–water partition coefficient (Wildman–Crippen LogP) is 4.29. The maximum atomic E-state index is 12.8. The third-order valence-electron chi connectivity index (χ3n) is 5.09. The molecule has 37 heavy (non-hydrogen) atoms. The van der Waals surface area contributed by atoms with Crippen molar-refractivity contribution < 1.29 is 41.0 Å². The number of aliphatic hydroxyl groups is 1. The van der Waals surface area contributed by atoms with Crippen molar-refractivity contribution >= 4 is 39.1 Å². The Balaban J connectivity index is 1.66. The molecule has 0 spiro atoms. The van der Waals surface area contributed by atoms with Gasteiger partial charge in [-0.25, -0.2) is 13.1 Å². The average Bonchev–Trinajstić information content (AvgIpc) is 2.83. The summed E-state index contributed by atoms with van der Waals surface area (Å²) in [6.45, 7) is 0.554. The molecule has 0 saturated carbocycles. The molecule has 2 amide bonds. The molecule has 1 unspecified atom stereocenters. The molecule has 3 aromatic rings. The highest BCUT2D eigenvalue weighted by Crippen LogP contribution is 2.32. The molecule has 0 aliphatic carbocycles. The molecular formula is C24H20ClF3N2O6S. The van der Waals surface area contributed by atoms with Crippen LogP contribution in [-0.4, -0.2) is 37.1 Å². The van der Waals surface area contributed by atoms with Crippen LogP contribution in [0.5, 0.6) is 5.75 Å². The van der Waals surface area contributed by atoms with Gasteiger partial charge in [0.1, 0.15) is 12.4 Å². The number of carbonyl (C=O) groups excluding carboxylic acids is 2. The number of nitrogens with one attached hydrogen (secondary N) is 2. The Labute approximate surface area is 215 Å². The maximum Gasteiger partial charge on any atom is 0.426 e. The smallest absolute Gasteiger partial charge is 0.426 e. The van der Waals surface area contributed by atoms with Gasteiger partial charge in [-0.1, -0.05) is 41.9 Å². The lowest BCUT2D eigenvalue weighted by molar-refractivity contribution is -0.242. The minimum Gasteiger partial charge on any atom is -0.489 e. The Bertz CT molecular complexity index is 1400. The van der Waals surface area contributed by atoms with Crippen molar-refractivity contribution in [2.24, 2.45) is 0 Å². The normalized spacial score (nSPS) is 13.4. The molecule has 0 saturated heterocycles. The van der Waals surface area contributed by atoms with E-state index in [0.29, 0.717) is 12.4 Å². The van der Waals surface area contributed by atoms with Gasteiger partial charge in [0.25, 0.3) is 21.8 Å². The molecule has 3 aromatic carbocycles. The van der Waals surface area contributed by atoms with E-state index >= 15 is 0 Å². The third kappa shape index (κ3) is 6.79. The van der Waals surface area contributed by atoms with Crippen LogP contribution in [0.15, 0.2) is 77.7 Å². The monoisotopic (exact) mass is 556 g/mol. The second-order valence-electron chi connectivity index (χ2n) is 7.90. The SMILES string of the molecule is CC(O)(C(=O)Nc1ccc(S(=O)(=O)NC(=O)c2ccc(OCc3ccccc3)cc2)cc1Cl)C(F)(F)F. The van der Waals surface area contributed by atoms with Crippen LogP contribution in [0.1, 0.15) is 22.8 Å². The fourth-order valence-electron chi connectivity index (χ4n) is 2.82. The largest absolute Gasteiger partial charge is 0.489 e. The van der Waals surface area contributed by atoms with Crippen LogP contribution in [-0.2, 0) is 21.4 Å². The molecule has 0 radical (unpaired) electrons. The molecule has 0 aromatic heterocycles. The summed E-state index contributed by atoms with van der Waals surface area (Å²) in [7, 11) is -4.44. The van der Waals surface area contributed by atoms with Gasteiger partial charge in [-0.15, -0.1) is 0 Å². The number of benzene rings is 3.